The summed E-state index contributed by atoms with van der Waals surface area (Å²) in [6, 6.07) is 6.44. The standard InChI is InChI=1S/C13H18N2O3S2/c14-13(19)8-10-3-5-12(6-4-10)20(16,17)15-11-2-1-7-18-9-11/h3-6,11,15H,1-2,7-9H2,(H2,14,19). The van der Waals surface area contributed by atoms with Gasteiger partial charge in [-0.05, 0) is 30.5 Å². The summed E-state index contributed by atoms with van der Waals surface area (Å²) in [4.78, 5) is 0.632. The van der Waals surface area contributed by atoms with E-state index in [-0.39, 0.29) is 10.9 Å². The van der Waals surface area contributed by atoms with E-state index in [1.807, 2.05) is 0 Å². The second kappa shape index (κ2) is 6.62. The van der Waals surface area contributed by atoms with Crippen LogP contribution in [-0.2, 0) is 21.2 Å². The molecule has 0 spiro atoms. The molecule has 0 amide bonds. The van der Waals surface area contributed by atoms with Crippen molar-refractivity contribution in [2.75, 3.05) is 13.2 Å². The van der Waals surface area contributed by atoms with Crippen LogP contribution in [0.3, 0.4) is 0 Å². The van der Waals surface area contributed by atoms with Gasteiger partial charge in [-0.2, -0.15) is 0 Å². The lowest BCUT2D eigenvalue weighted by molar-refractivity contribution is 0.0774. The second-order valence-electron chi connectivity index (χ2n) is 4.82. The van der Waals surface area contributed by atoms with Gasteiger partial charge in [-0.25, -0.2) is 13.1 Å². The molecule has 0 aromatic heterocycles. The topological polar surface area (TPSA) is 81.4 Å². The van der Waals surface area contributed by atoms with E-state index in [9.17, 15) is 8.42 Å². The van der Waals surface area contributed by atoms with Crippen molar-refractivity contribution < 1.29 is 13.2 Å². The molecule has 0 bridgehead atoms. The third-order valence-electron chi connectivity index (χ3n) is 3.09. The Balaban J connectivity index is 2.06. The van der Waals surface area contributed by atoms with Crippen molar-refractivity contribution in [3.05, 3.63) is 29.8 Å². The Labute approximate surface area is 124 Å². The Morgan fingerprint density at radius 1 is 1.40 bits per heavy atom. The van der Waals surface area contributed by atoms with E-state index in [0.29, 0.717) is 24.6 Å². The van der Waals surface area contributed by atoms with Gasteiger partial charge in [-0.1, -0.05) is 24.4 Å². The van der Waals surface area contributed by atoms with Crippen LogP contribution in [0.4, 0.5) is 0 Å². The number of hydrogen-bond acceptors (Lipinski definition) is 4. The molecule has 1 aromatic carbocycles. The number of thiocarbonyl (C=S) groups is 1. The largest absolute Gasteiger partial charge is 0.393 e. The monoisotopic (exact) mass is 314 g/mol. The Hall–Kier alpha value is -1.02. The highest BCUT2D eigenvalue weighted by atomic mass is 32.2. The van der Waals surface area contributed by atoms with E-state index in [1.165, 1.54) is 0 Å². The van der Waals surface area contributed by atoms with Crippen LogP contribution in [0.25, 0.3) is 0 Å². The molecule has 5 nitrogen and oxygen atoms in total. The maximum Gasteiger partial charge on any atom is 0.240 e. The number of ether oxygens (including phenoxy) is 1. The summed E-state index contributed by atoms with van der Waals surface area (Å²) in [5.41, 5.74) is 6.36. The normalized spacial score (nSPS) is 19.7. The Kier molecular flexibility index (Phi) is 5.09. The Morgan fingerprint density at radius 3 is 2.65 bits per heavy atom. The van der Waals surface area contributed by atoms with Crippen LogP contribution >= 0.6 is 12.2 Å². The lowest BCUT2D eigenvalue weighted by Gasteiger charge is -2.23. The average Bonchev–Trinajstić information content (AvgIpc) is 2.39. The quantitative estimate of drug-likeness (QED) is 0.792. The van der Waals surface area contributed by atoms with Gasteiger partial charge < -0.3 is 10.5 Å². The Bertz CT molecular complexity index is 564. The van der Waals surface area contributed by atoms with Crippen molar-refractivity contribution in [3.8, 4) is 0 Å². The first-order valence-electron chi connectivity index (χ1n) is 6.45. The molecular weight excluding hydrogens is 296 g/mol. The third kappa shape index (κ3) is 4.24. The number of rotatable bonds is 5. The molecule has 7 heteroatoms. The summed E-state index contributed by atoms with van der Waals surface area (Å²) in [6.07, 6.45) is 2.15. The minimum atomic E-state index is -3.50. The summed E-state index contributed by atoms with van der Waals surface area (Å²) in [5, 5.41) is 0. The van der Waals surface area contributed by atoms with Crippen molar-refractivity contribution in [1.82, 2.24) is 4.72 Å². The first-order valence-corrected chi connectivity index (χ1v) is 8.34. The predicted molar refractivity (Wildman–Crippen MR) is 81.1 cm³/mol. The first kappa shape index (κ1) is 15.4. The van der Waals surface area contributed by atoms with E-state index in [0.717, 1.165) is 18.4 Å². The highest BCUT2D eigenvalue weighted by Crippen LogP contribution is 2.14. The SMILES string of the molecule is NC(=S)Cc1ccc(S(=O)(=O)NC2CCCOC2)cc1. The fraction of sp³-hybridized carbons (Fsp3) is 0.462. The molecule has 20 heavy (non-hydrogen) atoms. The summed E-state index contributed by atoms with van der Waals surface area (Å²) in [5.74, 6) is 0. The number of sulfonamides is 1. The van der Waals surface area contributed by atoms with Gasteiger partial charge in [0.2, 0.25) is 10.0 Å². The van der Waals surface area contributed by atoms with E-state index in [4.69, 9.17) is 22.7 Å². The zero-order valence-electron chi connectivity index (χ0n) is 11.0. The molecule has 0 saturated carbocycles. The number of nitrogens with one attached hydrogen (secondary N) is 1. The van der Waals surface area contributed by atoms with Crippen LogP contribution in [0.5, 0.6) is 0 Å². The zero-order chi connectivity index (χ0) is 14.6. The molecule has 1 aromatic rings. The van der Waals surface area contributed by atoms with Crippen molar-refractivity contribution in [2.45, 2.75) is 30.2 Å². The van der Waals surface area contributed by atoms with Gasteiger partial charge in [0.15, 0.2) is 0 Å². The molecule has 1 atom stereocenters. The molecular formula is C13H18N2O3S2. The molecule has 0 radical (unpaired) electrons. The first-order chi connectivity index (χ1) is 9.47. The fourth-order valence-corrected chi connectivity index (χ4v) is 3.53. The molecule has 1 unspecified atom stereocenters. The zero-order valence-corrected chi connectivity index (χ0v) is 12.7. The minimum absolute atomic E-state index is 0.148. The van der Waals surface area contributed by atoms with Gasteiger partial charge in [0.25, 0.3) is 0 Å². The molecule has 1 aliphatic rings. The fourth-order valence-electron chi connectivity index (χ4n) is 2.11. The maximum absolute atomic E-state index is 12.2. The van der Waals surface area contributed by atoms with E-state index < -0.39 is 10.0 Å². The molecule has 1 aliphatic heterocycles. The van der Waals surface area contributed by atoms with Gasteiger partial charge in [-0.15, -0.1) is 0 Å². The van der Waals surface area contributed by atoms with Crippen LogP contribution in [-0.4, -0.2) is 32.7 Å². The molecule has 0 aliphatic carbocycles. The second-order valence-corrected chi connectivity index (χ2v) is 7.06. The van der Waals surface area contributed by atoms with Gasteiger partial charge in [0, 0.05) is 19.1 Å². The van der Waals surface area contributed by atoms with Crippen molar-refractivity contribution in [1.29, 1.82) is 0 Å². The predicted octanol–water partition coefficient (Wildman–Crippen LogP) is 0.972. The smallest absolute Gasteiger partial charge is 0.240 e. The molecule has 1 saturated heterocycles. The van der Waals surface area contributed by atoms with Crippen molar-refractivity contribution in [2.24, 2.45) is 5.73 Å². The van der Waals surface area contributed by atoms with Crippen LogP contribution in [0.15, 0.2) is 29.2 Å². The molecule has 110 valence electrons. The molecule has 1 fully saturated rings. The molecule has 2 rings (SSSR count). The van der Waals surface area contributed by atoms with Crippen LogP contribution in [0, 0.1) is 0 Å². The van der Waals surface area contributed by atoms with Gasteiger partial charge in [0.05, 0.1) is 16.5 Å². The molecule has 1 heterocycles. The Morgan fingerprint density at radius 2 is 2.10 bits per heavy atom. The average molecular weight is 314 g/mol. The van der Waals surface area contributed by atoms with Gasteiger partial charge >= 0.3 is 0 Å². The number of benzene rings is 1. The minimum Gasteiger partial charge on any atom is -0.393 e. The maximum atomic E-state index is 12.2. The van der Waals surface area contributed by atoms with E-state index in [2.05, 4.69) is 4.72 Å². The summed E-state index contributed by atoms with van der Waals surface area (Å²) in [7, 11) is -3.50. The van der Waals surface area contributed by atoms with Crippen molar-refractivity contribution >= 4 is 27.2 Å². The lowest BCUT2D eigenvalue weighted by Crippen LogP contribution is -2.40. The summed E-state index contributed by atoms with van der Waals surface area (Å²) in [6.45, 7) is 1.13. The molecule has 3 N–H and O–H groups in total. The third-order valence-corrected chi connectivity index (χ3v) is 4.77. The van der Waals surface area contributed by atoms with Gasteiger partial charge in [0.1, 0.15) is 0 Å². The van der Waals surface area contributed by atoms with Crippen molar-refractivity contribution in [3.63, 3.8) is 0 Å². The highest BCUT2D eigenvalue weighted by Gasteiger charge is 2.22. The van der Waals surface area contributed by atoms with Crippen LogP contribution < -0.4 is 10.5 Å². The van der Waals surface area contributed by atoms with E-state index >= 15 is 0 Å². The summed E-state index contributed by atoms with van der Waals surface area (Å²) < 4.78 is 32.4. The van der Waals surface area contributed by atoms with Crippen LogP contribution in [0.1, 0.15) is 18.4 Å². The van der Waals surface area contributed by atoms with Gasteiger partial charge in [-0.3, -0.25) is 0 Å². The number of hydrogen-bond donors (Lipinski definition) is 2. The van der Waals surface area contributed by atoms with Crippen LogP contribution in [0.2, 0.25) is 0 Å². The highest BCUT2D eigenvalue weighted by molar-refractivity contribution is 7.89. The van der Waals surface area contributed by atoms with E-state index in [1.54, 1.807) is 24.3 Å². The lowest BCUT2D eigenvalue weighted by atomic mass is 10.1. The summed E-state index contributed by atoms with van der Waals surface area (Å²) >= 11 is 4.83. The number of nitrogens with two attached hydrogens (primary N) is 1.